The average Bonchev–Trinajstić information content (AvgIpc) is 3.00. The van der Waals surface area contributed by atoms with Crippen LogP contribution >= 0.6 is 10.7 Å². The summed E-state index contributed by atoms with van der Waals surface area (Å²) in [6.07, 6.45) is 10.8. The second kappa shape index (κ2) is 8.65. The summed E-state index contributed by atoms with van der Waals surface area (Å²) < 4.78 is 3.70. The van der Waals surface area contributed by atoms with E-state index < -0.39 is 0 Å². The first-order valence-electron chi connectivity index (χ1n) is 9.30. The highest BCUT2D eigenvalue weighted by atomic mass is 32.2. The van der Waals surface area contributed by atoms with E-state index in [0.717, 1.165) is 12.5 Å². The standard InChI is InChI=1S/C21H30NS/c1-2-22-23-17-16-20(19-13-7-4-8-14-19)21(23)15-9-12-18-10-5-3-6-11-18/h3,5-6,10-11,16-17,19,22H,2,4,7-9,12-15H2,1H3/q+1. The van der Waals surface area contributed by atoms with Crippen LogP contribution in [0.1, 0.15) is 67.4 Å². The van der Waals surface area contributed by atoms with Crippen LogP contribution < -0.4 is 4.72 Å². The van der Waals surface area contributed by atoms with E-state index in [9.17, 15) is 0 Å². The van der Waals surface area contributed by atoms with E-state index in [0.29, 0.717) is 0 Å². The third-order valence-corrected chi connectivity index (χ3v) is 7.01. The minimum atomic E-state index is 0.194. The van der Waals surface area contributed by atoms with Gasteiger partial charge < -0.3 is 0 Å². The number of hydrogen-bond acceptors (Lipinski definition) is 1. The summed E-state index contributed by atoms with van der Waals surface area (Å²) in [4.78, 5) is 1.72. The molecule has 3 rings (SSSR count). The zero-order valence-electron chi connectivity index (χ0n) is 14.4. The Morgan fingerprint density at radius 3 is 2.52 bits per heavy atom. The van der Waals surface area contributed by atoms with Crippen molar-refractivity contribution in [3.05, 3.63) is 57.8 Å². The zero-order valence-corrected chi connectivity index (χ0v) is 15.2. The number of benzene rings is 1. The minimum absolute atomic E-state index is 0.194. The number of thiophene rings is 1. The molecule has 0 aliphatic heterocycles. The molecule has 1 saturated carbocycles. The smallest absolute Gasteiger partial charge is 0.118 e. The number of rotatable bonds is 7. The lowest BCUT2D eigenvalue weighted by Crippen LogP contribution is -2.07. The molecule has 124 valence electrons. The van der Waals surface area contributed by atoms with Crippen LogP contribution in [-0.2, 0) is 12.8 Å². The largest absolute Gasteiger partial charge is 0.175 e. The maximum absolute atomic E-state index is 3.70. The lowest BCUT2D eigenvalue weighted by atomic mass is 9.84. The normalized spacial score (nSPS) is 16.7. The maximum Gasteiger partial charge on any atom is 0.175 e. The monoisotopic (exact) mass is 328 g/mol. The summed E-state index contributed by atoms with van der Waals surface area (Å²) in [5, 5.41) is 2.44. The summed E-state index contributed by atoms with van der Waals surface area (Å²) in [6, 6.07) is 13.4. The molecular weight excluding hydrogens is 298 g/mol. The summed E-state index contributed by atoms with van der Waals surface area (Å²) in [5.41, 5.74) is 3.17. The highest BCUT2D eigenvalue weighted by molar-refractivity contribution is 7.31. The van der Waals surface area contributed by atoms with Crippen LogP contribution in [-0.4, -0.2) is 6.54 Å². The van der Waals surface area contributed by atoms with E-state index in [1.165, 1.54) is 56.9 Å². The molecule has 1 unspecified atom stereocenters. The first-order chi connectivity index (χ1) is 11.4. The third-order valence-electron chi connectivity index (χ3n) is 5.03. The van der Waals surface area contributed by atoms with E-state index in [-0.39, 0.29) is 10.7 Å². The van der Waals surface area contributed by atoms with Gasteiger partial charge in [0, 0.05) is 24.6 Å². The van der Waals surface area contributed by atoms with Crippen molar-refractivity contribution < 1.29 is 0 Å². The fraction of sp³-hybridized carbons (Fsp3) is 0.524. The van der Waals surface area contributed by atoms with Crippen LogP contribution in [0.3, 0.4) is 0 Å². The van der Waals surface area contributed by atoms with Crippen molar-refractivity contribution in [2.45, 2.75) is 64.2 Å². The van der Waals surface area contributed by atoms with E-state index in [1.807, 2.05) is 0 Å². The van der Waals surface area contributed by atoms with E-state index in [4.69, 9.17) is 0 Å². The summed E-state index contributed by atoms with van der Waals surface area (Å²) in [6.45, 7) is 3.29. The molecule has 0 saturated heterocycles. The first kappa shape index (κ1) is 16.7. The van der Waals surface area contributed by atoms with Gasteiger partial charge in [-0.3, -0.25) is 0 Å². The molecule has 1 aliphatic rings. The predicted octanol–water partition coefficient (Wildman–Crippen LogP) is 6.22. The van der Waals surface area contributed by atoms with Crippen molar-refractivity contribution in [3.63, 3.8) is 0 Å². The van der Waals surface area contributed by atoms with Gasteiger partial charge in [0.25, 0.3) is 0 Å². The van der Waals surface area contributed by atoms with Gasteiger partial charge in [-0.2, -0.15) is 0 Å². The van der Waals surface area contributed by atoms with Crippen LogP contribution in [0.4, 0.5) is 0 Å². The predicted molar refractivity (Wildman–Crippen MR) is 103 cm³/mol. The molecular formula is C21H30NS+. The van der Waals surface area contributed by atoms with Crippen molar-refractivity contribution >= 4 is 10.7 Å². The second-order valence-corrected chi connectivity index (χ2v) is 8.42. The first-order valence-corrected chi connectivity index (χ1v) is 10.6. The fourth-order valence-electron chi connectivity index (χ4n) is 3.86. The molecule has 1 nitrogen and oxygen atoms in total. The number of hydrogen-bond donors (Lipinski definition) is 1. The Balaban J connectivity index is 1.68. The maximum atomic E-state index is 3.70. The Bertz CT molecular complexity index is 581. The lowest BCUT2D eigenvalue weighted by molar-refractivity contribution is 0.442. The Morgan fingerprint density at radius 2 is 1.78 bits per heavy atom. The van der Waals surface area contributed by atoms with E-state index in [1.54, 1.807) is 10.4 Å². The third kappa shape index (κ3) is 4.45. The Hall–Kier alpha value is -1.12. The molecule has 2 heteroatoms. The van der Waals surface area contributed by atoms with Gasteiger partial charge >= 0.3 is 0 Å². The summed E-state index contributed by atoms with van der Waals surface area (Å²) in [5.74, 6) is 0.836. The van der Waals surface area contributed by atoms with Crippen LogP contribution in [0.2, 0.25) is 0 Å². The van der Waals surface area contributed by atoms with Gasteiger partial charge in [0.1, 0.15) is 0 Å². The van der Waals surface area contributed by atoms with Crippen LogP contribution in [0.15, 0.2) is 41.8 Å². The van der Waals surface area contributed by atoms with Gasteiger partial charge in [0.15, 0.2) is 10.3 Å². The topological polar surface area (TPSA) is 12.0 Å². The van der Waals surface area contributed by atoms with Gasteiger partial charge in [0.05, 0.1) is 10.7 Å². The summed E-state index contributed by atoms with van der Waals surface area (Å²) >= 11 is 0. The van der Waals surface area contributed by atoms with Gasteiger partial charge in [-0.1, -0.05) is 49.6 Å². The zero-order chi connectivity index (χ0) is 15.9. The molecule has 0 bridgehead atoms. The molecule has 1 atom stereocenters. The second-order valence-electron chi connectivity index (χ2n) is 6.69. The Labute approximate surface area is 144 Å². The molecule has 0 spiro atoms. The summed E-state index contributed by atoms with van der Waals surface area (Å²) in [7, 11) is 0.194. The van der Waals surface area contributed by atoms with Crippen molar-refractivity contribution in [2.75, 3.05) is 11.3 Å². The molecule has 0 radical (unpaired) electrons. The molecule has 2 aromatic rings. The van der Waals surface area contributed by atoms with Gasteiger partial charge in [-0.05, 0) is 44.1 Å². The molecule has 1 N–H and O–H groups in total. The number of aryl methyl sites for hydroxylation is 1. The van der Waals surface area contributed by atoms with Crippen molar-refractivity contribution in [2.24, 2.45) is 0 Å². The minimum Gasteiger partial charge on any atom is -0.118 e. The Morgan fingerprint density at radius 1 is 1.00 bits per heavy atom. The SMILES string of the molecule is CCN[s+]1ccc(C2CCCCC2)c1CCCc1ccccc1. The molecule has 1 fully saturated rings. The van der Waals surface area contributed by atoms with Crippen molar-refractivity contribution in [1.82, 2.24) is 0 Å². The molecule has 1 aromatic heterocycles. The van der Waals surface area contributed by atoms with Gasteiger partial charge in [-0.15, -0.1) is 4.72 Å². The average molecular weight is 329 g/mol. The molecule has 0 amide bonds. The van der Waals surface area contributed by atoms with Gasteiger partial charge in [-0.25, -0.2) is 0 Å². The van der Waals surface area contributed by atoms with Crippen LogP contribution in [0.25, 0.3) is 0 Å². The van der Waals surface area contributed by atoms with Crippen LogP contribution in [0.5, 0.6) is 0 Å². The highest BCUT2D eigenvalue weighted by Crippen LogP contribution is 2.40. The van der Waals surface area contributed by atoms with Gasteiger partial charge in [0.2, 0.25) is 0 Å². The molecule has 1 aliphatic carbocycles. The fourth-order valence-corrected chi connectivity index (χ4v) is 5.74. The highest BCUT2D eigenvalue weighted by Gasteiger charge is 2.26. The molecule has 1 heterocycles. The van der Waals surface area contributed by atoms with E-state index >= 15 is 0 Å². The molecule has 23 heavy (non-hydrogen) atoms. The lowest BCUT2D eigenvalue weighted by Gasteiger charge is -2.20. The van der Waals surface area contributed by atoms with Crippen molar-refractivity contribution in [3.8, 4) is 0 Å². The van der Waals surface area contributed by atoms with Crippen molar-refractivity contribution in [1.29, 1.82) is 0 Å². The quantitative estimate of drug-likeness (QED) is 0.595. The Kier molecular flexibility index (Phi) is 6.29. The molecule has 1 aromatic carbocycles. The van der Waals surface area contributed by atoms with Crippen LogP contribution in [0, 0.1) is 0 Å². The van der Waals surface area contributed by atoms with E-state index in [2.05, 4.69) is 53.4 Å². The number of nitrogens with one attached hydrogen (secondary N) is 1.